The van der Waals surface area contributed by atoms with Crippen molar-refractivity contribution in [2.24, 2.45) is 0 Å². The van der Waals surface area contributed by atoms with Gasteiger partial charge in [0, 0.05) is 0 Å². The topological polar surface area (TPSA) is 12.9 Å². The third-order valence-corrected chi connectivity index (χ3v) is 4.25. The summed E-state index contributed by atoms with van der Waals surface area (Å²) in [5.41, 5.74) is 2.45. The second-order valence-electron chi connectivity index (χ2n) is 2.78. The van der Waals surface area contributed by atoms with Gasteiger partial charge >= 0.3 is 84.3 Å². The first-order valence-electron chi connectivity index (χ1n) is 3.86. The van der Waals surface area contributed by atoms with Crippen molar-refractivity contribution in [2.45, 2.75) is 12.1 Å². The molecule has 0 saturated carbocycles. The second-order valence-corrected chi connectivity index (χ2v) is 4.75. The first kappa shape index (κ1) is 8.28. The molecule has 1 heterocycles. The molecular formula is C9H10AsNS. The Morgan fingerprint density at radius 3 is 3.08 bits per heavy atom. The van der Waals surface area contributed by atoms with Crippen molar-refractivity contribution in [3.05, 3.63) is 28.8 Å². The first-order valence-corrected chi connectivity index (χ1v) is 6.38. The summed E-state index contributed by atoms with van der Waals surface area (Å²) in [4.78, 5) is 4.53. The van der Waals surface area contributed by atoms with Crippen LogP contribution in [-0.2, 0) is 5.21 Å². The number of aromatic nitrogens is 1. The zero-order chi connectivity index (χ0) is 8.55. The van der Waals surface area contributed by atoms with Crippen LogP contribution in [0, 0.1) is 6.92 Å². The van der Waals surface area contributed by atoms with Crippen molar-refractivity contribution in [1.82, 2.24) is 4.98 Å². The first-order chi connectivity index (χ1) is 5.79. The van der Waals surface area contributed by atoms with E-state index in [1.807, 2.05) is 11.3 Å². The fourth-order valence-electron chi connectivity index (χ4n) is 1.17. The minimum absolute atomic E-state index is 1.10. The van der Waals surface area contributed by atoms with Crippen LogP contribution in [0.25, 0.3) is 10.2 Å². The average Bonchev–Trinajstić information content (AvgIpc) is 2.46. The molecule has 1 nitrogen and oxygen atoms in total. The number of benzene rings is 1. The predicted molar refractivity (Wildman–Crippen MR) is 56.6 cm³/mol. The summed E-state index contributed by atoms with van der Waals surface area (Å²) in [6.45, 7) is 2.11. The van der Waals surface area contributed by atoms with E-state index >= 15 is 0 Å². The number of rotatable bonds is 1. The Labute approximate surface area is 84.3 Å². The minimum atomic E-state index is 1.10. The monoisotopic (exact) mass is 239 g/mol. The van der Waals surface area contributed by atoms with E-state index in [0.29, 0.717) is 0 Å². The molecule has 2 aromatic rings. The van der Waals surface area contributed by atoms with E-state index in [1.54, 1.807) is 16.9 Å². The van der Waals surface area contributed by atoms with Gasteiger partial charge in [-0.25, -0.2) is 0 Å². The van der Waals surface area contributed by atoms with Crippen LogP contribution >= 0.6 is 11.3 Å². The van der Waals surface area contributed by atoms with Crippen LogP contribution in [0.2, 0.25) is 0 Å². The van der Waals surface area contributed by atoms with E-state index in [0.717, 1.165) is 10.7 Å². The Balaban J connectivity index is 2.67. The van der Waals surface area contributed by atoms with Gasteiger partial charge in [-0.15, -0.1) is 0 Å². The summed E-state index contributed by atoms with van der Waals surface area (Å²) in [7, 11) is 0. The summed E-state index contributed by atoms with van der Waals surface area (Å²) in [6.07, 6.45) is 0. The van der Waals surface area contributed by atoms with Gasteiger partial charge in [-0.2, -0.15) is 0 Å². The summed E-state index contributed by atoms with van der Waals surface area (Å²) < 4.78 is 1.31. The second kappa shape index (κ2) is 3.19. The molecule has 0 aliphatic rings. The van der Waals surface area contributed by atoms with Crippen molar-refractivity contribution in [3.63, 3.8) is 0 Å². The molecule has 1 aromatic heterocycles. The van der Waals surface area contributed by atoms with Gasteiger partial charge in [0.2, 0.25) is 0 Å². The van der Waals surface area contributed by atoms with Crippen LogP contribution in [0.4, 0.5) is 0 Å². The van der Waals surface area contributed by atoms with Gasteiger partial charge in [0.05, 0.1) is 0 Å². The fraction of sp³-hybridized carbons (Fsp3) is 0.222. The van der Waals surface area contributed by atoms with Gasteiger partial charge < -0.3 is 0 Å². The quantitative estimate of drug-likeness (QED) is 0.691. The Kier molecular flexibility index (Phi) is 2.20. The number of fused-ring (bicyclic) bond motifs is 1. The summed E-state index contributed by atoms with van der Waals surface area (Å²) >= 11 is 3.53. The number of thiazole rings is 1. The van der Waals surface area contributed by atoms with Crippen molar-refractivity contribution in [1.29, 1.82) is 0 Å². The SMILES string of the molecule is Cc1ccc2sc(C[AsH2])nc2c1. The van der Waals surface area contributed by atoms with Crippen molar-refractivity contribution >= 4 is 38.4 Å². The molecule has 3 heteroatoms. The van der Waals surface area contributed by atoms with Gasteiger partial charge in [0.1, 0.15) is 0 Å². The fourth-order valence-corrected chi connectivity index (χ4v) is 2.71. The van der Waals surface area contributed by atoms with Crippen LogP contribution in [-0.4, -0.2) is 21.8 Å². The molecule has 12 heavy (non-hydrogen) atoms. The van der Waals surface area contributed by atoms with E-state index < -0.39 is 0 Å². The zero-order valence-corrected chi connectivity index (χ0v) is 10.1. The number of hydrogen-bond acceptors (Lipinski definition) is 2. The van der Waals surface area contributed by atoms with Crippen LogP contribution < -0.4 is 0 Å². The molecule has 1 unspecified atom stereocenters. The maximum atomic E-state index is 4.53. The zero-order valence-electron chi connectivity index (χ0n) is 6.87. The van der Waals surface area contributed by atoms with Crippen LogP contribution in [0.5, 0.6) is 0 Å². The maximum absolute atomic E-state index is 4.53. The van der Waals surface area contributed by atoms with E-state index in [9.17, 15) is 0 Å². The van der Waals surface area contributed by atoms with E-state index in [-0.39, 0.29) is 0 Å². The predicted octanol–water partition coefficient (Wildman–Crippen LogP) is 1.74. The van der Waals surface area contributed by atoms with Crippen molar-refractivity contribution in [2.75, 3.05) is 0 Å². The van der Waals surface area contributed by atoms with Gasteiger partial charge in [-0.1, -0.05) is 0 Å². The number of aryl methyl sites for hydroxylation is 1. The standard InChI is InChI=1S/C9H10AsNS/c1-6-2-3-8-7(4-6)11-9(5-10)12-8/h2-4H,5,10H2,1H3. The van der Waals surface area contributed by atoms with Crippen LogP contribution in [0.1, 0.15) is 10.6 Å². The molecule has 0 radical (unpaired) electrons. The molecule has 1 atom stereocenters. The molecule has 1 aromatic carbocycles. The molecule has 0 amide bonds. The van der Waals surface area contributed by atoms with E-state index in [2.05, 4.69) is 30.1 Å². The molecule has 2 rings (SSSR count). The van der Waals surface area contributed by atoms with Crippen LogP contribution in [0.3, 0.4) is 0 Å². The van der Waals surface area contributed by atoms with E-state index in [4.69, 9.17) is 0 Å². The molecule has 0 N–H and O–H groups in total. The van der Waals surface area contributed by atoms with Crippen LogP contribution in [0.15, 0.2) is 18.2 Å². The molecule has 0 saturated heterocycles. The molecule has 0 aliphatic carbocycles. The Morgan fingerprint density at radius 2 is 2.33 bits per heavy atom. The summed E-state index contributed by atoms with van der Waals surface area (Å²) in [6, 6.07) is 6.46. The molecule has 0 fully saturated rings. The normalized spacial score (nSPS) is 10.8. The van der Waals surface area contributed by atoms with Crippen molar-refractivity contribution in [3.8, 4) is 0 Å². The Hall–Kier alpha value is -0.332. The molecule has 62 valence electrons. The Bertz CT molecular complexity index is 408. The van der Waals surface area contributed by atoms with Gasteiger partial charge in [0.15, 0.2) is 0 Å². The number of hydrogen-bond donors (Lipinski definition) is 0. The number of nitrogens with zero attached hydrogens (tertiary/aromatic N) is 1. The third-order valence-electron chi connectivity index (χ3n) is 1.76. The third kappa shape index (κ3) is 1.41. The van der Waals surface area contributed by atoms with Gasteiger partial charge in [-0.05, 0) is 0 Å². The Morgan fingerprint density at radius 1 is 1.50 bits per heavy atom. The molecule has 0 spiro atoms. The molecular weight excluding hydrogens is 229 g/mol. The van der Waals surface area contributed by atoms with E-state index in [1.165, 1.54) is 15.3 Å². The van der Waals surface area contributed by atoms with Gasteiger partial charge in [-0.3, -0.25) is 0 Å². The van der Waals surface area contributed by atoms with Gasteiger partial charge in [0.25, 0.3) is 0 Å². The summed E-state index contributed by atoms with van der Waals surface area (Å²) in [5, 5.41) is 2.36. The summed E-state index contributed by atoms with van der Waals surface area (Å²) in [5.74, 6) is 0. The van der Waals surface area contributed by atoms with Crippen molar-refractivity contribution < 1.29 is 0 Å². The molecule has 0 aliphatic heterocycles. The average molecular weight is 239 g/mol. The molecule has 0 bridgehead atoms.